The topological polar surface area (TPSA) is 122 Å². The first-order valence-corrected chi connectivity index (χ1v) is 9.55. The van der Waals surface area contributed by atoms with E-state index in [9.17, 15) is 9.59 Å². The summed E-state index contributed by atoms with van der Waals surface area (Å²) in [5.41, 5.74) is 1.32. The number of rotatable bonds is 5. The fraction of sp³-hybridized carbons (Fsp3) is 0.176. The van der Waals surface area contributed by atoms with Crippen LogP contribution in [0.5, 0.6) is 0 Å². The number of likely N-dealkylation sites (N-methyl/N-ethyl adjacent to an activating group) is 1. The van der Waals surface area contributed by atoms with E-state index in [-0.39, 0.29) is 6.54 Å². The van der Waals surface area contributed by atoms with Gasteiger partial charge in [-0.25, -0.2) is 4.79 Å². The van der Waals surface area contributed by atoms with Crippen molar-refractivity contribution >= 4 is 44.6 Å². The SMILES string of the molecule is CCN(CC(=O)O)c1ccc2cc(-c3cccs3)c(=O)oc2c1.O=S(=O)=O. The zero-order valence-corrected chi connectivity index (χ0v) is 15.7. The molecule has 0 fully saturated rings. The van der Waals surface area contributed by atoms with Gasteiger partial charge in [0.1, 0.15) is 12.1 Å². The van der Waals surface area contributed by atoms with Crippen molar-refractivity contribution in [2.75, 3.05) is 18.0 Å². The molecular formula is C17H15NO7S2. The lowest BCUT2D eigenvalue weighted by molar-refractivity contribution is -0.135. The summed E-state index contributed by atoms with van der Waals surface area (Å²) in [6.45, 7) is 2.33. The summed E-state index contributed by atoms with van der Waals surface area (Å²) in [6.07, 6.45) is 0. The molecule has 2 aromatic heterocycles. The number of benzene rings is 1. The molecule has 0 saturated carbocycles. The number of fused-ring (bicyclic) bond motifs is 1. The predicted molar refractivity (Wildman–Crippen MR) is 101 cm³/mol. The number of carboxylic acids is 1. The van der Waals surface area contributed by atoms with Gasteiger partial charge in [0.15, 0.2) is 0 Å². The fourth-order valence-electron chi connectivity index (χ4n) is 2.45. The number of carbonyl (C=O) groups is 1. The van der Waals surface area contributed by atoms with Crippen molar-refractivity contribution < 1.29 is 26.9 Å². The average Bonchev–Trinajstić information content (AvgIpc) is 3.12. The molecule has 0 saturated heterocycles. The van der Waals surface area contributed by atoms with Gasteiger partial charge in [0.2, 0.25) is 0 Å². The maximum Gasteiger partial charge on any atom is 0.425 e. The second-order valence-electron chi connectivity index (χ2n) is 5.26. The van der Waals surface area contributed by atoms with E-state index in [1.54, 1.807) is 11.0 Å². The van der Waals surface area contributed by atoms with Crippen LogP contribution in [0.3, 0.4) is 0 Å². The van der Waals surface area contributed by atoms with Crippen molar-refractivity contribution in [2.45, 2.75) is 6.92 Å². The number of nitrogens with zero attached hydrogens (tertiary/aromatic N) is 1. The second kappa shape index (κ2) is 9.10. The van der Waals surface area contributed by atoms with E-state index in [1.807, 2.05) is 42.6 Å². The minimum absolute atomic E-state index is 0.0977. The monoisotopic (exact) mass is 409 g/mol. The van der Waals surface area contributed by atoms with E-state index in [0.717, 1.165) is 16.0 Å². The summed E-state index contributed by atoms with van der Waals surface area (Å²) >= 11 is 1.48. The van der Waals surface area contributed by atoms with Gasteiger partial charge < -0.3 is 14.4 Å². The molecule has 10 heteroatoms. The Morgan fingerprint density at radius 2 is 1.93 bits per heavy atom. The van der Waals surface area contributed by atoms with Gasteiger partial charge in [-0.15, -0.1) is 24.0 Å². The van der Waals surface area contributed by atoms with Crippen molar-refractivity contribution in [3.05, 3.63) is 52.2 Å². The summed E-state index contributed by atoms with van der Waals surface area (Å²) in [7, 11) is -3.11. The molecule has 0 aliphatic rings. The van der Waals surface area contributed by atoms with Crippen LogP contribution in [0.2, 0.25) is 0 Å². The minimum Gasteiger partial charge on any atom is -0.480 e. The Hall–Kier alpha value is -2.98. The van der Waals surface area contributed by atoms with Crippen LogP contribution in [0.4, 0.5) is 5.69 Å². The molecule has 0 bridgehead atoms. The number of thiophene rings is 1. The van der Waals surface area contributed by atoms with E-state index >= 15 is 0 Å². The lowest BCUT2D eigenvalue weighted by Gasteiger charge is -2.20. The van der Waals surface area contributed by atoms with Crippen LogP contribution in [0.1, 0.15) is 6.92 Å². The lowest BCUT2D eigenvalue weighted by atomic mass is 10.1. The number of aliphatic carboxylic acids is 1. The highest BCUT2D eigenvalue weighted by Crippen LogP contribution is 2.27. The van der Waals surface area contributed by atoms with Crippen LogP contribution in [-0.4, -0.2) is 36.8 Å². The van der Waals surface area contributed by atoms with E-state index in [2.05, 4.69) is 0 Å². The largest absolute Gasteiger partial charge is 0.480 e. The quantitative estimate of drug-likeness (QED) is 0.638. The zero-order valence-electron chi connectivity index (χ0n) is 14.1. The normalized spacial score (nSPS) is 10.1. The maximum absolute atomic E-state index is 12.2. The third kappa shape index (κ3) is 5.50. The van der Waals surface area contributed by atoms with E-state index < -0.39 is 22.2 Å². The second-order valence-corrected chi connectivity index (χ2v) is 6.61. The first-order valence-electron chi connectivity index (χ1n) is 7.67. The van der Waals surface area contributed by atoms with E-state index in [1.165, 1.54) is 11.3 Å². The van der Waals surface area contributed by atoms with Crippen molar-refractivity contribution in [1.82, 2.24) is 0 Å². The van der Waals surface area contributed by atoms with Gasteiger partial charge >= 0.3 is 22.2 Å². The molecule has 0 unspecified atom stereocenters. The molecule has 142 valence electrons. The molecule has 27 heavy (non-hydrogen) atoms. The molecule has 3 aromatic rings. The van der Waals surface area contributed by atoms with Gasteiger partial charge in [-0.2, -0.15) is 0 Å². The number of hydrogen-bond donors (Lipinski definition) is 1. The van der Waals surface area contributed by atoms with Gasteiger partial charge in [0, 0.05) is 28.6 Å². The Labute approximate surface area is 159 Å². The van der Waals surface area contributed by atoms with E-state index in [0.29, 0.717) is 17.7 Å². The number of carboxylic acid groups (broad SMARTS) is 1. The van der Waals surface area contributed by atoms with Gasteiger partial charge in [-0.3, -0.25) is 4.79 Å². The lowest BCUT2D eigenvalue weighted by Crippen LogP contribution is -2.29. The Morgan fingerprint density at radius 1 is 1.22 bits per heavy atom. The standard InChI is InChI=1S/C17H15NO4S.O3S/c1-2-18(10-16(19)20)12-6-5-11-8-13(15-4-3-7-23-15)17(21)22-14(11)9-12;1-4(2)3/h3-9H,2,10H2,1H3,(H,19,20);. The number of hydrogen-bond acceptors (Lipinski definition) is 8. The molecule has 2 heterocycles. The molecule has 0 spiro atoms. The average molecular weight is 409 g/mol. The first-order chi connectivity index (χ1) is 12.8. The fourth-order valence-corrected chi connectivity index (χ4v) is 3.18. The third-order valence-corrected chi connectivity index (χ3v) is 4.48. The molecule has 0 radical (unpaired) electrons. The number of anilines is 1. The predicted octanol–water partition coefficient (Wildman–Crippen LogP) is 2.43. The molecule has 8 nitrogen and oxygen atoms in total. The van der Waals surface area contributed by atoms with Crippen LogP contribution >= 0.6 is 11.3 Å². The molecule has 1 aromatic carbocycles. The molecular weight excluding hydrogens is 394 g/mol. The highest BCUT2D eigenvalue weighted by molar-refractivity contribution is 7.59. The van der Waals surface area contributed by atoms with Crippen LogP contribution in [0.25, 0.3) is 21.4 Å². The highest BCUT2D eigenvalue weighted by Gasteiger charge is 2.12. The van der Waals surface area contributed by atoms with Crippen molar-refractivity contribution in [2.24, 2.45) is 0 Å². The molecule has 0 aliphatic heterocycles. The zero-order chi connectivity index (χ0) is 20.0. The maximum atomic E-state index is 12.2. The van der Waals surface area contributed by atoms with Crippen LogP contribution in [0, 0.1) is 0 Å². The van der Waals surface area contributed by atoms with Crippen LogP contribution in [0.15, 0.2) is 51.0 Å². The Kier molecular flexibility index (Phi) is 6.85. The molecule has 0 atom stereocenters. The Bertz CT molecular complexity index is 1100. The molecule has 1 N–H and O–H groups in total. The summed E-state index contributed by atoms with van der Waals surface area (Å²) in [5.74, 6) is -0.901. The highest BCUT2D eigenvalue weighted by atomic mass is 32.2. The van der Waals surface area contributed by atoms with Gasteiger partial charge in [0.25, 0.3) is 0 Å². The van der Waals surface area contributed by atoms with Gasteiger partial charge in [-0.05, 0) is 36.6 Å². The van der Waals surface area contributed by atoms with Crippen molar-refractivity contribution in [3.63, 3.8) is 0 Å². The molecule has 3 rings (SSSR count). The van der Waals surface area contributed by atoms with Crippen LogP contribution < -0.4 is 10.5 Å². The third-order valence-electron chi connectivity index (χ3n) is 3.58. The van der Waals surface area contributed by atoms with Gasteiger partial charge in [0.05, 0.1) is 5.56 Å². The first kappa shape index (κ1) is 20.3. The summed E-state index contributed by atoms with van der Waals surface area (Å²) in [5, 5.41) is 11.7. The van der Waals surface area contributed by atoms with Gasteiger partial charge in [-0.1, -0.05) is 6.07 Å². The van der Waals surface area contributed by atoms with E-state index in [4.69, 9.17) is 22.2 Å². The minimum atomic E-state index is -3.11. The summed E-state index contributed by atoms with van der Waals surface area (Å²) < 4.78 is 30.8. The smallest absolute Gasteiger partial charge is 0.425 e. The summed E-state index contributed by atoms with van der Waals surface area (Å²) in [6, 6.07) is 11.0. The van der Waals surface area contributed by atoms with Crippen molar-refractivity contribution in [3.8, 4) is 10.4 Å². The molecule has 0 amide bonds. The Balaban J connectivity index is 0.000000596. The summed E-state index contributed by atoms with van der Waals surface area (Å²) in [4.78, 5) is 25.7. The van der Waals surface area contributed by atoms with Crippen molar-refractivity contribution in [1.29, 1.82) is 0 Å². The molecule has 0 aliphatic carbocycles. The Morgan fingerprint density at radius 3 is 2.48 bits per heavy atom. The van der Waals surface area contributed by atoms with Crippen LogP contribution in [-0.2, 0) is 15.4 Å².